The van der Waals surface area contributed by atoms with Gasteiger partial charge in [-0.3, -0.25) is 9.59 Å². The Kier molecular flexibility index (Phi) is 7.24. The molecule has 0 radical (unpaired) electrons. The number of nitrogens with zero attached hydrogens (tertiary/aromatic N) is 2. The van der Waals surface area contributed by atoms with E-state index in [1.165, 1.54) is 4.90 Å². The van der Waals surface area contributed by atoms with Crippen LogP contribution in [0.2, 0.25) is 0 Å². The molecule has 0 aliphatic carbocycles. The largest absolute Gasteiger partial charge is 0.370 e. The average molecular weight is 469 g/mol. The van der Waals surface area contributed by atoms with E-state index in [4.69, 9.17) is 49.9 Å². The molecule has 31 heavy (non-hydrogen) atoms. The molecule has 15 heteroatoms. The third kappa shape index (κ3) is 6.69. The smallest absolute Gasteiger partial charge is 0.333 e. The average Bonchev–Trinajstić information content (AvgIpc) is 3.04. The van der Waals surface area contributed by atoms with Crippen LogP contribution in [0.4, 0.5) is 0 Å². The van der Waals surface area contributed by atoms with Crippen LogP contribution in [0, 0.1) is 5.41 Å². The molecule has 0 aromatic carbocycles. The minimum absolute atomic E-state index is 0.0509. The van der Waals surface area contributed by atoms with Gasteiger partial charge in [-0.1, -0.05) is 0 Å². The molecule has 0 bridgehead atoms. The third-order valence-electron chi connectivity index (χ3n) is 4.36. The molecule has 0 spiro atoms. The topological polar surface area (TPSA) is 207 Å². The Morgan fingerprint density at radius 2 is 1.77 bits per heavy atom. The first-order valence-electron chi connectivity index (χ1n) is 9.35. The van der Waals surface area contributed by atoms with Gasteiger partial charge in [0, 0.05) is 14.1 Å². The second kappa shape index (κ2) is 8.74. The lowest BCUT2D eigenvalue weighted by Crippen LogP contribution is -2.60. The molecule has 3 aliphatic heterocycles. The van der Waals surface area contributed by atoms with E-state index in [9.17, 15) is 8.42 Å². The molecule has 7 N–H and O–H groups in total. The first-order valence-corrected chi connectivity index (χ1v) is 10.8. The van der Waals surface area contributed by atoms with Crippen LogP contribution in [0.25, 0.3) is 0 Å². The van der Waals surface area contributed by atoms with Gasteiger partial charge in [0.15, 0.2) is 17.5 Å². The highest BCUT2D eigenvalue weighted by Crippen LogP contribution is 2.47. The first kappa shape index (κ1) is 25.7. The van der Waals surface area contributed by atoms with Gasteiger partial charge in [0.1, 0.15) is 24.9 Å². The van der Waals surface area contributed by atoms with E-state index in [0.29, 0.717) is 0 Å². The van der Waals surface area contributed by atoms with Gasteiger partial charge in [0.05, 0.1) is 6.61 Å². The van der Waals surface area contributed by atoms with Gasteiger partial charge in [0.25, 0.3) is 0 Å². The Balaban J connectivity index is 0.000000323. The molecule has 3 fully saturated rings. The summed E-state index contributed by atoms with van der Waals surface area (Å²) in [5.74, 6) is -3.23. The van der Waals surface area contributed by atoms with E-state index < -0.39 is 46.5 Å². The summed E-state index contributed by atoms with van der Waals surface area (Å²) in [7, 11) is -0.759. The van der Waals surface area contributed by atoms with Crippen LogP contribution in [0.5, 0.6) is 0 Å². The molecule has 4 atom stereocenters. The van der Waals surface area contributed by atoms with E-state index in [1.54, 1.807) is 41.8 Å². The number of hydrogen-bond donors (Lipinski definition) is 4. The van der Waals surface area contributed by atoms with Gasteiger partial charge >= 0.3 is 10.3 Å². The fourth-order valence-corrected chi connectivity index (χ4v) is 3.66. The van der Waals surface area contributed by atoms with E-state index in [2.05, 4.69) is 4.99 Å². The maximum absolute atomic E-state index is 11.1. The molecule has 14 nitrogen and oxygen atoms in total. The second-order valence-corrected chi connectivity index (χ2v) is 9.53. The quantitative estimate of drug-likeness (QED) is 0.273. The number of ether oxygens (including phenoxy) is 5. The van der Waals surface area contributed by atoms with Crippen LogP contribution in [-0.2, 0) is 38.2 Å². The number of hydrogen-bond acceptors (Lipinski definition) is 9. The van der Waals surface area contributed by atoms with Crippen molar-refractivity contribution in [1.82, 2.24) is 4.90 Å². The number of aliphatic imine (C=N–C) groups is 1. The summed E-state index contributed by atoms with van der Waals surface area (Å²) in [6.45, 7) is 6.71. The molecule has 3 saturated heterocycles. The van der Waals surface area contributed by atoms with Crippen LogP contribution < -0.4 is 16.6 Å². The van der Waals surface area contributed by atoms with Crippen molar-refractivity contribution < 1.29 is 36.3 Å². The first-order chi connectivity index (χ1) is 14.0. The molecular weight excluding hydrogens is 436 g/mol. The Bertz CT molecular complexity index is 813. The summed E-state index contributed by atoms with van der Waals surface area (Å²) in [6, 6.07) is 0. The number of fused-ring (bicyclic) bond motifs is 3. The maximum atomic E-state index is 11.1. The lowest BCUT2D eigenvalue weighted by atomic mass is 9.98. The van der Waals surface area contributed by atoms with Gasteiger partial charge < -0.3 is 40.1 Å². The lowest BCUT2D eigenvalue weighted by molar-refractivity contribution is -0.290. The fraction of sp³-hybridized carbons (Fsp3) is 0.875. The highest BCUT2D eigenvalue weighted by Gasteiger charge is 2.65. The molecule has 180 valence electrons. The van der Waals surface area contributed by atoms with Crippen molar-refractivity contribution in [2.45, 2.75) is 63.4 Å². The fourth-order valence-electron chi connectivity index (χ4n) is 3.33. The molecule has 0 saturated carbocycles. The molecule has 0 amide bonds. The zero-order chi connectivity index (χ0) is 23.8. The van der Waals surface area contributed by atoms with Crippen molar-refractivity contribution in [2.24, 2.45) is 21.6 Å². The zero-order valence-electron chi connectivity index (χ0n) is 18.4. The molecular formula is C16H32N6O8S. The van der Waals surface area contributed by atoms with Crippen LogP contribution in [-0.4, -0.2) is 88.2 Å². The van der Waals surface area contributed by atoms with Crippen molar-refractivity contribution in [1.29, 1.82) is 5.41 Å². The molecule has 0 aromatic rings. The predicted molar refractivity (Wildman–Crippen MR) is 109 cm³/mol. The van der Waals surface area contributed by atoms with Gasteiger partial charge in [0.2, 0.25) is 11.7 Å². The minimum atomic E-state index is -4.14. The number of guanidine groups is 2. The zero-order valence-corrected chi connectivity index (χ0v) is 19.3. The van der Waals surface area contributed by atoms with Crippen molar-refractivity contribution in [3.05, 3.63) is 0 Å². The molecule has 3 heterocycles. The summed E-state index contributed by atoms with van der Waals surface area (Å²) in [4.78, 5) is 4.96. The summed E-state index contributed by atoms with van der Waals surface area (Å²) in [5, 5.41) is 11.9. The maximum Gasteiger partial charge on any atom is 0.333 e. The summed E-state index contributed by atoms with van der Waals surface area (Å²) >= 11 is 0. The minimum Gasteiger partial charge on any atom is -0.370 e. The van der Waals surface area contributed by atoms with Crippen LogP contribution in [0.15, 0.2) is 4.99 Å². The van der Waals surface area contributed by atoms with Crippen LogP contribution in [0.1, 0.15) is 27.7 Å². The Morgan fingerprint density at radius 1 is 1.16 bits per heavy atom. The van der Waals surface area contributed by atoms with E-state index in [1.807, 2.05) is 0 Å². The highest BCUT2D eigenvalue weighted by molar-refractivity contribution is 7.84. The number of nitrogens with one attached hydrogen (secondary N) is 1. The lowest BCUT2D eigenvalue weighted by Gasteiger charge is -2.40. The Labute approximate surface area is 181 Å². The highest BCUT2D eigenvalue weighted by atomic mass is 32.2. The van der Waals surface area contributed by atoms with Crippen LogP contribution >= 0.6 is 0 Å². The third-order valence-corrected chi connectivity index (χ3v) is 4.80. The second-order valence-electron chi connectivity index (χ2n) is 8.31. The SMILES string of the molecule is CC1(C)O[C@@H]2[C@@H](CO[C@@]3(COS(N)(=O)=O)OC(C)(C)O[C@@H]23)O1.CN(C)C(=N)N=C(N)N. The van der Waals surface area contributed by atoms with Gasteiger partial charge in [-0.05, 0) is 27.7 Å². The summed E-state index contributed by atoms with van der Waals surface area (Å²) < 4.78 is 55.9. The van der Waals surface area contributed by atoms with Crippen molar-refractivity contribution in [3.8, 4) is 0 Å². The Hall–Kier alpha value is -1.59. The molecule has 0 aromatic heterocycles. The van der Waals surface area contributed by atoms with Gasteiger partial charge in [-0.25, -0.2) is 5.14 Å². The van der Waals surface area contributed by atoms with Gasteiger partial charge in [-0.15, -0.1) is 0 Å². The summed E-state index contributed by atoms with van der Waals surface area (Å²) in [6.07, 6.45) is -1.50. The van der Waals surface area contributed by atoms with Crippen molar-refractivity contribution in [3.63, 3.8) is 0 Å². The van der Waals surface area contributed by atoms with E-state index in [0.717, 1.165) is 0 Å². The molecule has 3 aliphatic rings. The Morgan fingerprint density at radius 3 is 2.26 bits per heavy atom. The molecule has 0 unspecified atom stereocenters. The standard InChI is InChI=1S/C12H21NO8S.C4H11N5/c1-10(2)18-7-5-16-12(6-17-22(13,14)15)9(8(7)19-10)20-11(3,4)21-12;1-9(2)4(7)8-3(5)6/h7-9H,5-6H2,1-4H3,(H2,13,14,15);1-2H3,(H5,5,6,7,8)/t7-,8-,9+,12+;/m1./s1. The van der Waals surface area contributed by atoms with Gasteiger partial charge in [-0.2, -0.15) is 13.4 Å². The number of rotatable bonds is 3. The predicted octanol–water partition coefficient (Wildman–Crippen LogP) is -1.64. The van der Waals surface area contributed by atoms with Crippen molar-refractivity contribution >= 4 is 22.2 Å². The monoisotopic (exact) mass is 468 g/mol. The van der Waals surface area contributed by atoms with Crippen LogP contribution in [0.3, 0.4) is 0 Å². The van der Waals surface area contributed by atoms with Crippen molar-refractivity contribution in [2.75, 3.05) is 27.3 Å². The summed E-state index contributed by atoms with van der Waals surface area (Å²) in [5.41, 5.74) is 9.98. The molecule has 3 rings (SSSR count). The van der Waals surface area contributed by atoms with E-state index in [-0.39, 0.29) is 24.6 Å². The van der Waals surface area contributed by atoms with E-state index >= 15 is 0 Å². The normalized spacial score (nSPS) is 32.8. The number of nitrogens with two attached hydrogens (primary N) is 3.